The third-order valence-corrected chi connectivity index (χ3v) is 3.98. The van der Waals surface area contributed by atoms with Crippen molar-refractivity contribution in [1.29, 1.82) is 0 Å². The Balaban J connectivity index is 2.37. The molecule has 2 heteroatoms. The highest BCUT2D eigenvalue weighted by atomic mass is 15.2. The fourth-order valence-electron chi connectivity index (χ4n) is 3.05. The van der Waals surface area contributed by atoms with Crippen molar-refractivity contribution in [3.05, 3.63) is 59.7 Å². The standard InChI is InChI=1S/C20H28N2/c1-16(14-21(4)5)15-22(19-12-8-6-10-17(19)2)20-13-9-7-11-18(20)3/h6-13,16H,14-15H2,1-5H3. The molecule has 22 heavy (non-hydrogen) atoms. The molecule has 2 nitrogen and oxygen atoms in total. The molecule has 2 rings (SSSR count). The van der Waals surface area contributed by atoms with Crippen molar-refractivity contribution < 1.29 is 0 Å². The van der Waals surface area contributed by atoms with E-state index in [0.29, 0.717) is 5.92 Å². The van der Waals surface area contributed by atoms with Gasteiger partial charge in [0, 0.05) is 24.5 Å². The van der Waals surface area contributed by atoms with Gasteiger partial charge in [-0.25, -0.2) is 0 Å². The first-order valence-corrected chi connectivity index (χ1v) is 8.02. The summed E-state index contributed by atoms with van der Waals surface area (Å²) in [4.78, 5) is 4.73. The van der Waals surface area contributed by atoms with E-state index in [9.17, 15) is 0 Å². The lowest BCUT2D eigenvalue weighted by molar-refractivity contribution is 0.343. The van der Waals surface area contributed by atoms with Gasteiger partial charge in [0.05, 0.1) is 0 Å². The topological polar surface area (TPSA) is 6.48 Å². The summed E-state index contributed by atoms with van der Waals surface area (Å²) in [6.45, 7) is 8.82. The summed E-state index contributed by atoms with van der Waals surface area (Å²) in [5.74, 6) is 0.592. The average Bonchev–Trinajstić information content (AvgIpc) is 2.46. The first kappa shape index (κ1) is 16.6. The third kappa shape index (κ3) is 4.11. The van der Waals surface area contributed by atoms with Crippen molar-refractivity contribution in [3.8, 4) is 0 Å². The molecular weight excluding hydrogens is 268 g/mol. The monoisotopic (exact) mass is 296 g/mol. The van der Waals surface area contributed by atoms with E-state index in [1.807, 2.05) is 0 Å². The molecule has 0 aromatic heterocycles. The van der Waals surface area contributed by atoms with Gasteiger partial charge in [-0.3, -0.25) is 0 Å². The minimum atomic E-state index is 0.592. The molecule has 0 N–H and O–H groups in total. The van der Waals surface area contributed by atoms with Crippen molar-refractivity contribution >= 4 is 11.4 Å². The van der Waals surface area contributed by atoms with Gasteiger partial charge in [0.25, 0.3) is 0 Å². The van der Waals surface area contributed by atoms with Gasteiger partial charge >= 0.3 is 0 Å². The van der Waals surface area contributed by atoms with Crippen LogP contribution in [0.3, 0.4) is 0 Å². The molecule has 0 fully saturated rings. The predicted octanol–water partition coefficient (Wildman–Crippen LogP) is 4.64. The number of nitrogens with zero attached hydrogens (tertiary/aromatic N) is 2. The summed E-state index contributed by atoms with van der Waals surface area (Å²) < 4.78 is 0. The summed E-state index contributed by atoms with van der Waals surface area (Å²) in [7, 11) is 4.28. The second kappa shape index (κ2) is 7.46. The molecule has 1 unspecified atom stereocenters. The molecule has 2 aromatic rings. The molecule has 0 aliphatic carbocycles. The van der Waals surface area contributed by atoms with E-state index >= 15 is 0 Å². The average molecular weight is 296 g/mol. The molecule has 0 aliphatic heterocycles. The summed E-state index contributed by atoms with van der Waals surface area (Å²) in [5, 5.41) is 0. The molecule has 118 valence electrons. The van der Waals surface area contributed by atoms with E-state index in [4.69, 9.17) is 0 Å². The summed E-state index contributed by atoms with van der Waals surface area (Å²) in [5.41, 5.74) is 5.26. The van der Waals surface area contributed by atoms with Gasteiger partial charge in [0.1, 0.15) is 0 Å². The number of aryl methyl sites for hydroxylation is 2. The molecule has 0 bridgehead atoms. The number of anilines is 2. The van der Waals surface area contributed by atoms with E-state index in [1.54, 1.807) is 0 Å². The second-order valence-electron chi connectivity index (χ2n) is 6.55. The first-order valence-electron chi connectivity index (χ1n) is 8.02. The Morgan fingerprint density at radius 1 is 0.773 bits per heavy atom. The van der Waals surface area contributed by atoms with Crippen LogP contribution in [0.15, 0.2) is 48.5 Å². The molecule has 0 aliphatic rings. The van der Waals surface area contributed by atoms with Crippen LogP contribution in [0.1, 0.15) is 18.1 Å². The molecule has 0 spiro atoms. The molecule has 0 radical (unpaired) electrons. The fourth-order valence-corrected chi connectivity index (χ4v) is 3.05. The van der Waals surface area contributed by atoms with E-state index in [2.05, 4.69) is 93.2 Å². The van der Waals surface area contributed by atoms with Crippen LogP contribution < -0.4 is 4.90 Å². The smallest absolute Gasteiger partial charge is 0.0440 e. The minimum absolute atomic E-state index is 0.592. The minimum Gasteiger partial charge on any atom is -0.341 e. The molecule has 2 aromatic carbocycles. The second-order valence-corrected chi connectivity index (χ2v) is 6.55. The van der Waals surface area contributed by atoms with Gasteiger partial charge in [-0.05, 0) is 57.1 Å². The highest BCUT2D eigenvalue weighted by Gasteiger charge is 2.16. The Hall–Kier alpha value is -1.80. The van der Waals surface area contributed by atoms with E-state index in [-0.39, 0.29) is 0 Å². The Bertz CT molecular complexity index is 559. The first-order chi connectivity index (χ1) is 10.5. The number of rotatable bonds is 6. The SMILES string of the molecule is Cc1ccccc1N(CC(C)CN(C)C)c1ccccc1C. The maximum atomic E-state index is 2.47. The summed E-state index contributed by atoms with van der Waals surface area (Å²) in [6, 6.07) is 17.3. The Morgan fingerprint density at radius 2 is 1.23 bits per heavy atom. The highest BCUT2D eigenvalue weighted by Crippen LogP contribution is 2.31. The van der Waals surface area contributed by atoms with E-state index in [1.165, 1.54) is 22.5 Å². The van der Waals surface area contributed by atoms with Crippen LogP contribution in [-0.4, -0.2) is 32.1 Å². The highest BCUT2D eigenvalue weighted by molar-refractivity contribution is 5.68. The summed E-state index contributed by atoms with van der Waals surface area (Å²) >= 11 is 0. The van der Waals surface area contributed by atoms with Crippen LogP contribution in [-0.2, 0) is 0 Å². The van der Waals surface area contributed by atoms with Gasteiger partial charge in [-0.1, -0.05) is 43.3 Å². The number of hydrogen-bond acceptors (Lipinski definition) is 2. The molecule has 0 heterocycles. The lowest BCUT2D eigenvalue weighted by atomic mass is 10.1. The Kier molecular flexibility index (Phi) is 5.62. The van der Waals surface area contributed by atoms with Gasteiger partial charge in [0.15, 0.2) is 0 Å². The largest absolute Gasteiger partial charge is 0.341 e. The lowest BCUT2D eigenvalue weighted by Gasteiger charge is -2.31. The molecule has 0 saturated heterocycles. The van der Waals surface area contributed by atoms with Crippen LogP contribution in [0.5, 0.6) is 0 Å². The van der Waals surface area contributed by atoms with E-state index in [0.717, 1.165) is 13.1 Å². The number of hydrogen-bond donors (Lipinski definition) is 0. The van der Waals surface area contributed by atoms with Crippen LogP contribution >= 0.6 is 0 Å². The third-order valence-electron chi connectivity index (χ3n) is 3.98. The van der Waals surface area contributed by atoms with Crippen molar-refractivity contribution in [2.45, 2.75) is 20.8 Å². The van der Waals surface area contributed by atoms with Crippen LogP contribution in [0.25, 0.3) is 0 Å². The fraction of sp³-hybridized carbons (Fsp3) is 0.400. The molecular formula is C20H28N2. The van der Waals surface area contributed by atoms with Crippen molar-refractivity contribution in [1.82, 2.24) is 4.90 Å². The van der Waals surface area contributed by atoms with Crippen molar-refractivity contribution in [3.63, 3.8) is 0 Å². The Morgan fingerprint density at radius 3 is 1.64 bits per heavy atom. The van der Waals surface area contributed by atoms with Crippen LogP contribution in [0.4, 0.5) is 11.4 Å². The zero-order valence-electron chi connectivity index (χ0n) is 14.5. The maximum absolute atomic E-state index is 2.47. The van der Waals surface area contributed by atoms with Gasteiger partial charge in [-0.15, -0.1) is 0 Å². The Labute approximate surface area is 135 Å². The molecule has 0 saturated carbocycles. The number of para-hydroxylation sites is 2. The molecule has 1 atom stereocenters. The normalized spacial score (nSPS) is 12.5. The maximum Gasteiger partial charge on any atom is 0.0440 e. The molecule has 0 amide bonds. The predicted molar refractivity (Wildman–Crippen MR) is 97.1 cm³/mol. The van der Waals surface area contributed by atoms with E-state index < -0.39 is 0 Å². The quantitative estimate of drug-likeness (QED) is 0.766. The van der Waals surface area contributed by atoms with Gasteiger partial charge < -0.3 is 9.80 Å². The zero-order chi connectivity index (χ0) is 16.1. The zero-order valence-corrected chi connectivity index (χ0v) is 14.5. The van der Waals surface area contributed by atoms with Crippen molar-refractivity contribution in [2.75, 3.05) is 32.1 Å². The van der Waals surface area contributed by atoms with Crippen LogP contribution in [0, 0.1) is 19.8 Å². The summed E-state index contributed by atoms with van der Waals surface area (Å²) in [6.07, 6.45) is 0. The van der Waals surface area contributed by atoms with Crippen LogP contribution in [0.2, 0.25) is 0 Å². The van der Waals surface area contributed by atoms with Gasteiger partial charge in [-0.2, -0.15) is 0 Å². The lowest BCUT2D eigenvalue weighted by Crippen LogP contribution is -2.31. The van der Waals surface area contributed by atoms with Crippen molar-refractivity contribution in [2.24, 2.45) is 5.92 Å². The van der Waals surface area contributed by atoms with Gasteiger partial charge in [0.2, 0.25) is 0 Å². The number of benzene rings is 2.